The Bertz CT molecular complexity index is 385. The lowest BCUT2D eigenvalue weighted by atomic mass is 10.1. The van der Waals surface area contributed by atoms with Gasteiger partial charge in [0.1, 0.15) is 0 Å². The molecular formula is C18H36O9. The lowest BCUT2D eigenvalue weighted by Gasteiger charge is -2.03. The lowest BCUT2D eigenvalue weighted by Crippen LogP contribution is -2.10. The van der Waals surface area contributed by atoms with Crippen molar-refractivity contribution in [2.75, 3.05) is 19.8 Å². The van der Waals surface area contributed by atoms with Crippen LogP contribution in [0.3, 0.4) is 0 Å². The zero-order chi connectivity index (χ0) is 21.8. The van der Waals surface area contributed by atoms with Crippen molar-refractivity contribution in [3.05, 3.63) is 0 Å². The molecule has 162 valence electrons. The molecule has 9 nitrogen and oxygen atoms in total. The van der Waals surface area contributed by atoms with E-state index in [2.05, 4.69) is 0 Å². The lowest BCUT2D eigenvalue weighted by molar-refractivity contribution is -0.142. The van der Waals surface area contributed by atoms with Crippen LogP contribution in [0.2, 0.25) is 0 Å². The van der Waals surface area contributed by atoms with Gasteiger partial charge in [-0.15, -0.1) is 0 Å². The summed E-state index contributed by atoms with van der Waals surface area (Å²) < 4.78 is 0. The Morgan fingerprint density at radius 3 is 1.15 bits per heavy atom. The van der Waals surface area contributed by atoms with E-state index in [4.69, 9.17) is 30.6 Å². The molecule has 9 heteroatoms. The van der Waals surface area contributed by atoms with Crippen LogP contribution in [0, 0.1) is 17.8 Å². The Morgan fingerprint density at radius 2 is 0.889 bits per heavy atom. The van der Waals surface area contributed by atoms with Crippen molar-refractivity contribution in [3.8, 4) is 0 Å². The van der Waals surface area contributed by atoms with Crippen molar-refractivity contribution < 1.29 is 45.0 Å². The van der Waals surface area contributed by atoms with E-state index in [9.17, 15) is 14.4 Å². The monoisotopic (exact) mass is 396 g/mol. The Labute approximate surface area is 160 Å². The number of rotatable bonds is 12. The number of aliphatic carboxylic acids is 3. The van der Waals surface area contributed by atoms with Gasteiger partial charge in [0.25, 0.3) is 0 Å². The highest BCUT2D eigenvalue weighted by Crippen LogP contribution is 2.06. The molecule has 0 aromatic heterocycles. The Hall–Kier alpha value is -1.71. The first-order chi connectivity index (χ1) is 12.5. The summed E-state index contributed by atoms with van der Waals surface area (Å²) in [5, 5.41) is 49.8. The minimum absolute atomic E-state index is 0.0481. The zero-order valence-electron chi connectivity index (χ0n) is 16.5. The highest BCUT2D eigenvalue weighted by Gasteiger charge is 2.09. The zero-order valence-corrected chi connectivity index (χ0v) is 16.5. The van der Waals surface area contributed by atoms with Crippen LogP contribution in [0.15, 0.2) is 0 Å². The Morgan fingerprint density at radius 1 is 0.556 bits per heavy atom. The average molecular weight is 396 g/mol. The average Bonchev–Trinajstić information content (AvgIpc) is 2.60. The van der Waals surface area contributed by atoms with Crippen LogP contribution in [0.5, 0.6) is 0 Å². The molecule has 0 aliphatic carbocycles. The first-order valence-electron chi connectivity index (χ1n) is 9.05. The van der Waals surface area contributed by atoms with Crippen molar-refractivity contribution >= 4 is 17.9 Å². The topological polar surface area (TPSA) is 173 Å². The first kappa shape index (κ1) is 30.0. The van der Waals surface area contributed by atoms with E-state index in [0.717, 1.165) is 6.42 Å². The van der Waals surface area contributed by atoms with Crippen LogP contribution in [-0.2, 0) is 14.4 Å². The van der Waals surface area contributed by atoms with Crippen LogP contribution >= 0.6 is 0 Å². The van der Waals surface area contributed by atoms with Gasteiger partial charge in [-0.05, 0) is 32.1 Å². The third-order valence-electron chi connectivity index (χ3n) is 3.67. The molecule has 3 unspecified atom stereocenters. The van der Waals surface area contributed by atoms with E-state index >= 15 is 0 Å². The van der Waals surface area contributed by atoms with Gasteiger partial charge in [-0.2, -0.15) is 0 Å². The first-order valence-corrected chi connectivity index (χ1v) is 9.05. The second-order valence-electron chi connectivity index (χ2n) is 6.32. The maximum atomic E-state index is 10.2. The van der Waals surface area contributed by atoms with Crippen LogP contribution in [-0.4, -0.2) is 68.4 Å². The molecule has 0 aliphatic heterocycles. The van der Waals surface area contributed by atoms with Gasteiger partial charge in [-0.25, -0.2) is 0 Å². The number of unbranched alkanes of at least 4 members (excludes halogenated alkanes) is 1. The number of hydrogen-bond acceptors (Lipinski definition) is 6. The minimum Gasteiger partial charge on any atom is -0.481 e. The summed E-state index contributed by atoms with van der Waals surface area (Å²) in [5.41, 5.74) is 0. The summed E-state index contributed by atoms with van der Waals surface area (Å²) in [6.45, 7) is 5.08. The predicted octanol–water partition coefficient (Wildman–Crippen LogP) is 1.44. The van der Waals surface area contributed by atoms with E-state index < -0.39 is 23.8 Å². The fourth-order valence-corrected chi connectivity index (χ4v) is 1.52. The van der Waals surface area contributed by atoms with Crippen LogP contribution in [0.1, 0.15) is 59.3 Å². The van der Waals surface area contributed by atoms with Crippen molar-refractivity contribution in [1.82, 2.24) is 0 Å². The highest BCUT2D eigenvalue weighted by atomic mass is 16.4. The van der Waals surface area contributed by atoms with E-state index in [0.29, 0.717) is 32.1 Å². The SMILES string of the molecule is CC(CCCCO)C(=O)O.CC(CCCO)C(=O)O.CC(CCO)C(=O)O. The van der Waals surface area contributed by atoms with Crippen LogP contribution < -0.4 is 0 Å². The Balaban J connectivity index is -0.000000322. The predicted molar refractivity (Wildman–Crippen MR) is 99.4 cm³/mol. The van der Waals surface area contributed by atoms with E-state index in [1.165, 1.54) is 0 Å². The molecule has 0 heterocycles. The van der Waals surface area contributed by atoms with Gasteiger partial charge in [-0.1, -0.05) is 27.2 Å². The van der Waals surface area contributed by atoms with Crippen LogP contribution in [0.4, 0.5) is 0 Å². The fraction of sp³-hybridized carbons (Fsp3) is 0.833. The van der Waals surface area contributed by atoms with Gasteiger partial charge in [0.15, 0.2) is 0 Å². The van der Waals surface area contributed by atoms with E-state index in [1.807, 2.05) is 0 Å². The smallest absolute Gasteiger partial charge is 0.306 e. The molecule has 27 heavy (non-hydrogen) atoms. The summed E-state index contributed by atoms with van der Waals surface area (Å²) in [5.74, 6) is -3.40. The normalized spacial score (nSPS) is 13.1. The van der Waals surface area contributed by atoms with Gasteiger partial charge in [-0.3, -0.25) is 14.4 Å². The molecule has 0 spiro atoms. The molecule has 0 aliphatic rings. The number of carboxylic acids is 3. The maximum absolute atomic E-state index is 10.2. The van der Waals surface area contributed by atoms with Gasteiger partial charge in [0, 0.05) is 19.8 Å². The van der Waals surface area contributed by atoms with Crippen molar-refractivity contribution in [3.63, 3.8) is 0 Å². The highest BCUT2D eigenvalue weighted by molar-refractivity contribution is 5.70. The van der Waals surface area contributed by atoms with Gasteiger partial charge in [0.05, 0.1) is 17.8 Å². The standard InChI is InChI=1S/C7H14O3.C6H12O3.C5H10O3/c1-6(7(9)10)4-2-3-5-8;1-5(6(8)9)3-2-4-7;1-4(2-3-6)5(7)8/h6,8H,2-5H2,1H3,(H,9,10);5,7H,2-4H2,1H3,(H,8,9);4,6H,2-3H2,1H3,(H,7,8). The molecule has 0 bridgehead atoms. The molecule has 0 rings (SSSR count). The van der Waals surface area contributed by atoms with Crippen LogP contribution in [0.25, 0.3) is 0 Å². The van der Waals surface area contributed by atoms with Crippen molar-refractivity contribution in [2.45, 2.75) is 59.3 Å². The van der Waals surface area contributed by atoms with Crippen molar-refractivity contribution in [2.24, 2.45) is 17.8 Å². The molecular weight excluding hydrogens is 360 g/mol. The molecule has 0 saturated heterocycles. The van der Waals surface area contributed by atoms with E-state index in [-0.39, 0.29) is 31.7 Å². The summed E-state index contributed by atoms with van der Waals surface area (Å²) in [6.07, 6.45) is 3.64. The molecule has 6 N–H and O–H groups in total. The third kappa shape index (κ3) is 24.3. The maximum Gasteiger partial charge on any atom is 0.306 e. The van der Waals surface area contributed by atoms with Gasteiger partial charge in [0.2, 0.25) is 0 Å². The summed E-state index contributed by atoms with van der Waals surface area (Å²) in [7, 11) is 0. The molecule has 0 saturated carbocycles. The van der Waals surface area contributed by atoms with Gasteiger partial charge >= 0.3 is 17.9 Å². The quantitative estimate of drug-likeness (QED) is 0.267. The molecule has 0 aromatic rings. The third-order valence-corrected chi connectivity index (χ3v) is 3.67. The summed E-state index contributed by atoms with van der Waals surface area (Å²) in [6, 6.07) is 0. The second kappa shape index (κ2) is 20.6. The second-order valence-corrected chi connectivity index (χ2v) is 6.32. The summed E-state index contributed by atoms with van der Waals surface area (Å²) >= 11 is 0. The van der Waals surface area contributed by atoms with Gasteiger partial charge < -0.3 is 30.6 Å². The Kier molecular flexibility index (Phi) is 22.9. The number of hydrogen-bond donors (Lipinski definition) is 6. The molecule has 3 atom stereocenters. The molecule has 0 amide bonds. The fourth-order valence-electron chi connectivity index (χ4n) is 1.52. The number of carbonyl (C=O) groups is 3. The molecule has 0 fully saturated rings. The number of carboxylic acid groups (broad SMARTS) is 3. The number of aliphatic hydroxyl groups excluding tert-OH is 3. The number of aliphatic hydroxyl groups is 3. The molecule has 0 radical (unpaired) electrons. The minimum atomic E-state index is -0.848. The largest absolute Gasteiger partial charge is 0.481 e. The van der Waals surface area contributed by atoms with E-state index in [1.54, 1.807) is 20.8 Å². The van der Waals surface area contributed by atoms with Crippen molar-refractivity contribution in [1.29, 1.82) is 0 Å². The summed E-state index contributed by atoms with van der Waals surface area (Å²) in [4.78, 5) is 30.3. The molecule has 0 aromatic carbocycles.